The van der Waals surface area contributed by atoms with Gasteiger partial charge >= 0.3 is 6.18 Å². The smallest absolute Gasteiger partial charge is 0.385 e. The number of ether oxygens (including phenoxy) is 1. The highest BCUT2D eigenvalue weighted by Gasteiger charge is 2.60. The zero-order valence-corrected chi connectivity index (χ0v) is 40.1. The van der Waals surface area contributed by atoms with Crippen LogP contribution in [0.15, 0.2) is 18.2 Å². The molecule has 0 aromatic heterocycles. The van der Waals surface area contributed by atoms with Crippen LogP contribution in [0.4, 0.5) is 13.2 Å². The van der Waals surface area contributed by atoms with Gasteiger partial charge < -0.3 is 41.1 Å². The second kappa shape index (κ2) is 25.7. The van der Waals surface area contributed by atoms with Crippen LogP contribution in [-0.2, 0) is 44.7 Å². The van der Waals surface area contributed by atoms with E-state index in [1.165, 1.54) is 33.0 Å². The summed E-state index contributed by atoms with van der Waals surface area (Å²) >= 11 is 12.8. The summed E-state index contributed by atoms with van der Waals surface area (Å²) in [6.45, 7) is 7.22. The van der Waals surface area contributed by atoms with E-state index in [2.05, 4.69) is 26.6 Å². The molecule has 366 valence electrons. The van der Waals surface area contributed by atoms with Gasteiger partial charge in [0.15, 0.2) is 0 Å². The van der Waals surface area contributed by atoms with Gasteiger partial charge in [-0.05, 0) is 87.5 Å². The number of methoxy groups -OCH3 is 1. The van der Waals surface area contributed by atoms with Crippen LogP contribution < -0.4 is 26.6 Å². The highest BCUT2D eigenvalue weighted by atomic mass is 35.5. The lowest BCUT2D eigenvalue weighted by molar-refractivity contribution is -0.230. The molecule has 20 heteroatoms. The van der Waals surface area contributed by atoms with Crippen LogP contribution in [0.5, 0.6) is 0 Å². The highest BCUT2D eigenvalue weighted by molar-refractivity contribution is 6.33. The molecule has 0 bridgehead atoms. The minimum atomic E-state index is -4.84. The molecule has 7 amide bonds. The van der Waals surface area contributed by atoms with Gasteiger partial charge in [-0.25, -0.2) is 0 Å². The molecule has 0 unspecified atom stereocenters. The molecule has 1 aliphatic heterocycles. The van der Waals surface area contributed by atoms with Gasteiger partial charge in [0.2, 0.25) is 41.4 Å². The molecule has 0 radical (unpaired) electrons. The minimum Gasteiger partial charge on any atom is -0.385 e. The highest BCUT2D eigenvalue weighted by Crippen LogP contribution is 2.49. The second-order valence-corrected chi connectivity index (χ2v) is 18.5. The van der Waals surface area contributed by atoms with Crippen molar-refractivity contribution in [3.63, 3.8) is 0 Å². The summed E-state index contributed by atoms with van der Waals surface area (Å²) < 4.78 is 48.4. The zero-order valence-electron chi connectivity index (χ0n) is 38.6. The van der Waals surface area contributed by atoms with Crippen LogP contribution in [0.1, 0.15) is 117 Å². The molecule has 5 N–H and O–H groups in total. The van der Waals surface area contributed by atoms with Gasteiger partial charge in [0.1, 0.15) is 41.7 Å². The van der Waals surface area contributed by atoms with Gasteiger partial charge in [-0.3, -0.25) is 33.6 Å². The van der Waals surface area contributed by atoms with Crippen LogP contribution in [0.2, 0.25) is 10.0 Å². The molecule has 1 aliphatic carbocycles. The van der Waals surface area contributed by atoms with Gasteiger partial charge in [0, 0.05) is 50.8 Å². The second-order valence-electron chi connectivity index (χ2n) is 17.6. The van der Waals surface area contributed by atoms with Crippen LogP contribution in [-0.4, -0.2) is 128 Å². The van der Waals surface area contributed by atoms with Crippen LogP contribution in [0, 0.1) is 11.3 Å². The standard InChI is InChI=1S/C45H68Cl2F3N7O8/c1-8-15-32-37(58)51-22-14-11-16-35(39(60)54-34(24-27(3)4)42(63)57(6)36(40(61)52-32)26-28-25-29(46)17-18-30(28)47)56(5)41(62)33(19-23-65-7)53-38(59)31(9-2)55-43(64)44(45(48,49)50)20-12-10-13-21-44/h17-18,25,27,31-36H,8-16,19-24,26H2,1-7H3,(H,51,58)(H,52,61)(H,53,59)(H,54,60)(H,55,64)/t31-,32+,33-,34-,35-,36-/m0/s1. The molecule has 1 heterocycles. The van der Waals surface area contributed by atoms with E-state index in [9.17, 15) is 46.7 Å². The van der Waals surface area contributed by atoms with Gasteiger partial charge in [-0.2, -0.15) is 13.2 Å². The van der Waals surface area contributed by atoms with E-state index in [1.54, 1.807) is 18.2 Å². The van der Waals surface area contributed by atoms with Gasteiger partial charge in [0.05, 0.1) is 0 Å². The number of likely N-dealkylation sites (N-methyl/N-ethyl adjacent to an activating group) is 2. The average molecular weight is 963 g/mol. The summed E-state index contributed by atoms with van der Waals surface area (Å²) in [5.41, 5.74) is -2.17. The number of nitrogens with zero attached hydrogens (tertiary/aromatic N) is 2. The number of alkyl halides is 3. The van der Waals surface area contributed by atoms with E-state index in [4.69, 9.17) is 27.9 Å². The van der Waals surface area contributed by atoms with Crippen molar-refractivity contribution in [3.8, 4) is 0 Å². The topological polar surface area (TPSA) is 195 Å². The fraction of sp³-hybridized carbons (Fsp3) is 0.711. The molecule has 6 atom stereocenters. The number of amides is 7. The molecule has 3 rings (SSSR count). The van der Waals surface area contributed by atoms with Crippen molar-refractivity contribution < 1.29 is 51.5 Å². The third-order valence-corrected chi connectivity index (χ3v) is 12.9. The maximum absolute atomic E-state index is 14.5. The first-order valence-corrected chi connectivity index (χ1v) is 23.4. The molecule has 65 heavy (non-hydrogen) atoms. The quantitative estimate of drug-likeness (QED) is 0.149. The van der Waals surface area contributed by atoms with Gasteiger partial charge in [-0.1, -0.05) is 76.6 Å². The van der Waals surface area contributed by atoms with E-state index in [-0.39, 0.29) is 64.0 Å². The molecule has 2 aliphatic rings. The van der Waals surface area contributed by atoms with Crippen molar-refractivity contribution in [2.24, 2.45) is 11.3 Å². The monoisotopic (exact) mass is 961 g/mol. The summed E-state index contributed by atoms with van der Waals surface area (Å²) in [5, 5.41) is 14.1. The predicted molar refractivity (Wildman–Crippen MR) is 241 cm³/mol. The number of nitrogens with one attached hydrogen (secondary N) is 5. The maximum atomic E-state index is 14.5. The fourth-order valence-electron chi connectivity index (χ4n) is 8.41. The van der Waals surface area contributed by atoms with Crippen LogP contribution in [0.3, 0.4) is 0 Å². The number of halogens is 5. The Labute approximate surface area is 390 Å². The summed E-state index contributed by atoms with van der Waals surface area (Å²) in [7, 11) is 4.16. The lowest BCUT2D eigenvalue weighted by Gasteiger charge is -2.38. The number of rotatable bonds is 16. The van der Waals surface area contributed by atoms with Crippen molar-refractivity contribution in [3.05, 3.63) is 33.8 Å². The van der Waals surface area contributed by atoms with Gasteiger partial charge in [-0.15, -0.1) is 0 Å². The average Bonchev–Trinajstić information content (AvgIpc) is 3.25. The molecule has 1 saturated carbocycles. The van der Waals surface area contributed by atoms with Crippen molar-refractivity contribution >= 4 is 64.6 Å². The Morgan fingerprint density at radius 2 is 1.60 bits per heavy atom. The lowest BCUT2D eigenvalue weighted by Crippen LogP contribution is -2.61. The van der Waals surface area contributed by atoms with Crippen LogP contribution in [0.25, 0.3) is 0 Å². The van der Waals surface area contributed by atoms with E-state index < -0.39 is 102 Å². The first-order chi connectivity index (χ1) is 30.6. The predicted octanol–water partition coefficient (Wildman–Crippen LogP) is 5.23. The summed E-state index contributed by atoms with van der Waals surface area (Å²) in [5.74, 6) is -5.45. The Morgan fingerprint density at radius 1 is 0.938 bits per heavy atom. The molecule has 15 nitrogen and oxygen atoms in total. The van der Waals surface area contributed by atoms with Gasteiger partial charge in [0.25, 0.3) is 0 Å². The fourth-order valence-corrected chi connectivity index (χ4v) is 8.80. The Bertz CT molecular complexity index is 1820. The third kappa shape index (κ3) is 15.2. The molecule has 2 fully saturated rings. The lowest BCUT2D eigenvalue weighted by atomic mass is 9.72. The largest absolute Gasteiger partial charge is 0.403 e. The Morgan fingerprint density at radius 3 is 2.20 bits per heavy atom. The Hall–Kier alpha value is -4.16. The van der Waals surface area contributed by atoms with Crippen molar-refractivity contribution in [2.45, 2.75) is 160 Å². The number of carbonyl (C=O) groups is 7. The number of hydrogen-bond acceptors (Lipinski definition) is 8. The molecule has 1 saturated heterocycles. The minimum absolute atomic E-state index is 0.0348. The number of benzene rings is 1. The molecular formula is C45H68Cl2F3N7O8. The van der Waals surface area contributed by atoms with E-state index in [1.807, 2.05) is 20.8 Å². The molecule has 0 spiro atoms. The van der Waals surface area contributed by atoms with Crippen molar-refractivity contribution in [2.75, 3.05) is 34.4 Å². The molecular weight excluding hydrogens is 894 g/mol. The summed E-state index contributed by atoms with van der Waals surface area (Å²) in [4.78, 5) is 101. The third-order valence-electron chi connectivity index (χ3n) is 12.3. The van der Waals surface area contributed by atoms with E-state index >= 15 is 0 Å². The summed E-state index contributed by atoms with van der Waals surface area (Å²) in [6.07, 6.45) is -3.20. The van der Waals surface area contributed by atoms with E-state index in [0.717, 1.165) is 4.90 Å². The Kier molecular flexibility index (Phi) is 21.8. The van der Waals surface area contributed by atoms with E-state index in [0.29, 0.717) is 47.7 Å². The Balaban J connectivity index is 1.99. The first kappa shape index (κ1) is 55.2. The first-order valence-electron chi connectivity index (χ1n) is 22.6. The molecule has 1 aromatic carbocycles. The molecule has 1 aromatic rings. The van der Waals surface area contributed by atoms with Crippen LogP contribution >= 0.6 is 23.2 Å². The SMILES string of the molecule is CCC[C@H]1NC(=O)[C@H](Cc2cc(Cl)ccc2Cl)N(C)C(=O)[C@H](CC(C)C)NC(=O)[C@@H](N(C)C(=O)[C@H](CCOC)NC(=O)[C@H](CC)NC(=O)C2(C(F)(F)F)CCCCC2)CCCCNC1=O. The maximum Gasteiger partial charge on any atom is 0.403 e. The summed E-state index contributed by atoms with van der Waals surface area (Å²) in [6, 6.07) is -2.58. The van der Waals surface area contributed by atoms with Crippen molar-refractivity contribution in [1.29, 1.82) is 0 Å². The number of carbonyl (C=O) groups excluding carboxylic acids is 7. The van der Waals surface area contributed by atoms with Crippen molar-refractivity contribution in [1.82, 2.24) is 36.4 Å². The normalized spacial score (nSPS) is 22.6. The number of hydrogen-bond donors (Lipinski definition) is 5. The zero-order chi connectivity index (χ0) is 48.6.